The second kappa shape index (κ2) is 8.23. The summed E-state index contributed by atoms with van der Waals surface area (Å²) in [6.45, 7) is 0.772. The van der Waals surface area contributed by atoms with E-state index in [1.807, 2.05) is 0 Å². The highest BCUT2D eigenvalue weighted by atomic mass is 16.5. The molecule has 0 heterocycles. The summed E-state index contributed by atoms with van der Waals surface area (Å²) in [7, 11) is 2.88. The molecular weight excluding hydrogens is 250 g/mol. The lowest BCUT2D eigenvalue weighted by Gasteiger charge is -2.06. The third kappa shape index (κ3) is 5.50. The molecular formula is C13H17NO5. The van der Waals surface area contributed by atoms with Gasteiger partial charge < -0.3 is 19.5 Å². The Hall–Kier alpha value is -1.92. The number of esters is 1. The van der Waals surface area contributed by atoms with Crippen LogP contribution in [0.2, 0.25) is 0 Å². The summed E-state index contributed by atoms with van der Waals surface area (Å²) in [6.07, 6.45) is 0. The standard InChI is InChI=1S/C13H17NO5/c1-17-7-8-19-9-12(15)14-11-5-3-10(4-6-11)13(16)18-2/h3-6H,7-9H2,1-2H3,(H,14,15). The Labute approximate surface area is 111 Å². The third-order valence-corrected chi connectivity index (χ3v) is 2.25. The quantitative estimate of drug-likeness (QED) is 0.591. The molecule has 0 spiro atoms. The number of rotatable bonds is 7. The minimum Gasteiger partial charge on any atom is -0.465 e. The molecule has 0 radical (unpaired) electrons. The van der Waals surface area contributed by atoms with Crippen LogP contribution in [0.15, 0.2) is 24.3 Å². The van der Waals surface area contributed by atoms with Crippen molar-refractivity contribution in [1.82, 2.24) is 0 Å². The summed E-state index contributed by atoms with van der Waals surface area (Å²) in [5.74, 6) is -0.678. The van der Waals surface area contributed by atoms with Gasteiger partial charge in [-0.2, -0.15) is 0 Å². The van der Waals surface area contributed by atoms with E-state index in [-0.39, 0.29) is 12.5 Å². The van der Waals surface area contributed by atoms with Gasteiger partial charge in [-0.1, -0.05) is 0 Å². The number of anilines is 1. The van der Waals surface area contributed by atoms with Crippen molar-refractivity contribution in [2.75, 3.05) is 39.4 Å². The van der Waals surface area contributed by atoms with Gasteiger partial charge in [0.15, 0.2) is 0 Å². The first-order chi connectivity index (χ1) is 9.17. The summed E-state index contributed by atoms with van der Waals surface area (Å²) in [4.78, 5) is 22.7. The molecule has 0 aliphatic heterocycles. The smallest absolute Gasteiger partial charge is 0.337 e. The first-order valence-electron chi connectivity index (χ1n) is 5.72. The maximum Gasteiger partial charge on any atom is 0.337 e. The topological polar surface area (TPSA) is 73.9 Å². The molecule has 0 saturated carbocycles. The Morgan fingerprint density at radius 3 is 2.37 bits per heavy atom. The summed E-state index contributed by atoms with van der Waals surface area (Å²) in [5, 5.41) is 2.65. The van der Waals surface area contributed by atoms with Gasteiger partial charge in [-0.3, -0.25) is 4.79 Å². The highest BCUT2D eigenvalue weighted by Crippen LogP contribution is 2.10. The lowest BCUT2D eigenvalue weighted by molar-refractivity contribution is -0.121. The van der Waals surface area contributed by atoms with Gasteiger partial charge in [-0.15, -0.1) is 0 Å². The van der Waals surface area contributed by atoms with E-state index in [9.17, 15) is 9.59 Å². The van der Waals surface area contributed by atoms with Crippen LogP contribution in [0.25, 0.3) is 0 Å². The second-order valence-electron chi connectivity index (χ2n) is 3.66. The first-order valence-corrected chi connectivity index (χ1v) is 5.72. The maximum absolute atomic E-state index is 11.5. The average Bonchev–Trinajstić information content (AvgIpc) is 2.43. The number of methoxy groups -OCH3 is 2. The normalized spacial score (nSPS) is 10.0. The molecule has 104 valence electrons. The Bertz CT molecular complexity index is 416. The first kappa shape index (κ1) is 15.1. The molecule has 0 aromatic heterocycles. The van der Waals surface area contributed by atoms with Crippen LogP contribution in [0.5, 0.6) is 0 Å². The highest BCUT2D eigenvalue weighted by Gasteiger charge is 2.06. The molecule has 0 atom stereocenters. The van der Waals surface area contributed by atoms with E-state index in [0.29, 0.717) is 24.5 Å². The Morgan fingerprint density at radius 1 is 1.11 bits per heavy atom. The van der Waals surface area contributed by atoms with Crippen LogP contribution in [-0.2, 0) is 19.0 Å². The van der Waals surface area contributed by atoms with Crippen LogP contribution >= 0.6 is 0 Å². The number of hydrogen-bond acceptors (Lipinski definition) is 5. The molecule has 6 nitrogen and oxygen atoms in total. The van der Waals surface area contributed by atoms with Gasteiger partial charge >= 0.3 is 5.97 Å². The van der Waals surface area contributed by atoms with Gasteiger partial charge in [-0.05, 0) is 24.3 Å². The predicted octanol–water partition coefficient (Wildman–Crippen LogP) is 1.07. The highest BCUT2D eigenvalue weighted by molar-refractivity contribution is 5.93. The van der Waals surface area contributed by atoms with E-state index in [2.05, 4.69) is 10.1 Å². The number of hydrogen-bond donors (Lipinski definition) is 1. The number of carbonyl (C=O) groups excluding carboxylic acids is 2. The SMILES string of the molecule is COCCOCC(=O)Nc1ccc(C(=O)OC)cc1. The van der Waals surface area contributed by atoms with Crippen LogP contribution in [0.3, 0.4) is 0 Å². The third-order valence-electron chi connectivity index (χ3n) is 2.25. The molecule has 0 unspecified atom stereocenters. The van der Waals surface area contributed by atoms with Gasteiger partial charge in [-0.25, -0.2) is 4.79 Å². The van der Waals surface area contributed by atoms with Crippen molar-refractivity contribution in [1.29, 1.82) is 0 Å². The molecule has 0 bridgehead atoms. The molecule has 0 saturated heterocycles. The van der Waals surface area contributed by atoms with Crippen molar-refractivity contribution >= 4 is 17.6 Å². The number of nitrogens with one attached hydrogen (secondary N) is 1. The lowest BCUT2D eigenvalue weighted by Crippen LogP contribution is -2.19. The maximum atomic E-state index is 11.5. The molecule has 0 aliphatic rings. The van der Waals surface area contributed by atoms with Crippen molar-refractivity contribution in [2.24, 2.45) is 0 Å². The number of amides is 1. The average molecular weight is 267 g/mol. The molecule has 6 heteroatoms. The van der Waals surface area contributed by atoms with Crippen LogP contribution in [0, 0.1) is 0 Å². The lowest BCUT2D eigenvalue weighted by atomic mass is 10.2. The van der Waals surface area contributed by atoms with E-state index < -0.39 is 5.97 Å². The van der Waals surface area contributed by atoms with Crippen molar-refractivity contribution in [3.05, 3.63) is 29.8 Å². The summed E-state index contributed by atoms with van der Waals surface area (Å²) >= 11 is 0. The second-order valence-corrected chi connectivity index (χ2v) is 3.66. The summed E-state index contributed by atoms with van der Waals surface area (Å²) in [6, 6.07) is 6.40. The van der Waals surface area contributed by atoms with E-state index in [1.165, 1.54) is 7.11 Å². The van der Waals surface area contributed by atoms with Crippen molar-refractivity contribution in [3.8, 4) is 0 Å². The fraction of sp³-hybridized carbons (Fsp3) is 0.385. The predicted molar refractivity (Wildman–Crippen MR) is 69.1 cm³/mol. The molecule has 1 aromatic rings. The van der Waals surface area contributed by atoms with Gasteiger partial charge in [0.1, 0.15) is 6.61 Å². The van der Waals surface area contributed by atoms with Crippen molar-refractivity contribution in [2.45, 2.75) is 0 Å². The minimum atomic E-state index is -0.416. The summed E-state index contributed by atoms with van der Waals surface area (Å²) < 4.78 is 14.4. The molecule has 1 rings (SSSR count). The van der Waals surface area contributed by atoms with Gasteiger partial charge in [0.25, 0.3) is 0 Å². The molecule has 19 heavy (non-hydrogen) atoms. The van der Waals surface area contributed by atoms with Gasteiger partial charge in [0.2, 0.25) is 5.91 Å². The minimum absolute atomic E-state index is 0.0396. The molecule has 1 amide bonds. The Balaban J connectivity index is 2.40. The summed E-state index contributed by atoms with van der Waals surface area (Å²) in [5.41, 5.74) is 1.02. The van der Waals surface area contributed by atoms with Gasteiger partial charge in [0, 0.05) is 12.8 Å². The van der Waals surface area contributed by atoms with Crippen LogP contribution in [0.1, 0.15) is 10.4 Å². The van der Waals surface area contributed by atoms with Crippen molar-refractivity contribution in [3.63, 3.8) is 0 Å². The molecule has 1 aromatic carbocycles. The molecule has 0 fully saturated rings. The molecule has 0 aliphatic carbocycles. The number of benzene rings is 1. The number of ether oxygens (including phenoxy) is 3. The fourth-order valence-corrected chi connectivity index (χ4v) is 1.31. The Morgan fingerprint density at radius 2 is 1.79 bits per heavy atom. The fourth-order valence-electron chi connectivity index (χ4n) is 1.31. The monoisotopic (exact) mass is 267 g/mol. The van der Waals surface area contributed by atoms with Crippen LogP contribution in [-0.4, -0.2) is 45.9 Å². The van der Waals surface area contributed by atoms with E-state index in [1.54, 1.807) is 31.4 Å². The van der Waals surface area contributed by atoms with Crippen LogP contribution < -0.4 is 5.32 Å². The van der Waals surface area contributed by atoms with Crippen molar-refractivity contribution < 1.29 is 23.8 Å². The van der Waals surface area contributed by atoms with Gasteiger partial charge in [0.05, 0.1) is 25.9 Å². The van der Waals surface area contributed by atoms with E-state index in [0.717, 1.165) is 0 Å². The Kier molecular flexibility index (Phi) is 6.56. The van der Waals surface area contributed by atoms with E-state index in [4.69, 9.17) is 9.47 Å². The van der Waals surface area contributed by atoms with E-state index >= 15 is 0 Å². The molecule has 1 N–H and O–H groups in total. The number of carbonyl (C=O) groups is 2. The van der Waals surface area contributed by atoms with Crippen LogP contribution in [0.4, 0.5) is 5.69 Å². The zero-order valence-electron chi connectivity index (χ0n) is 11.0. The largest absolute Gasteiger partial charge is 0.465 e. The zero-order chi connectivity index (χ0) is 14.1. The zero-order valence-corrected chi connectivity index (χ0v) is 11.0.